The van der Waals surface area contributed by atoms with Crippen LogP contribution in [-0.2, 0) is 6.61 Å². The van der Waals surface area contributed by atoms with Gasteiger partial charge in [0.1, 0.15) is 12.9 Å². The molecule has 0 heterocycles. The summed E-state index contributed by atoms with van der Waals surface area (Å²) in [4.78, 5) is 10.9. The number of hydrogen-bond donors (Lipinski definition) is 0. The van der Waals surface area contributed by atoms with E-state index in [1.54, 1.807) is 13.2 Å². The summed E-state index contributed by atoms with van der Waals surface area (Å²) in [5, 5.41) is 0. The molecule has 0 aromatic heterocycles. The molecule has 3 nitrogen and oxygen atoms in total. The van der Waals surface area contributed by atoms with Crippen molar-refractivity contribution in [2.75, 3.05) is 7.11 Å². The summed E-state index contributed by atoms with van der Waals surface area (Å²) < 4.78 is 11.0. The van der Waals surface area contributed by atoms with E-state index in [0.29, 0.717) is 23.7 Å². The van der Waals surface area contributed by atoms with E-state index in [-0.39, 0.29) is 0 Å². The van der Waals surface area contributed by atoms with Crippen molar-refractivity contribution in [2.45, 2.75) is 13.5 Å². The number of carbonyl (C=O) groups excluding carboxylic acids is 1. The van der Waals surface area contributed by atoms with Gasteiger partial charge in [-0.25, -0.2) is 0 Å². The van der Waals surface area contributed by atoms with Crippen molar-refractivity contribution in [3.8, 4) is 11.5 Å². The van der Waals surface area contributed by atoms with Gasteiger partial charge in [0.05, 0.1) is 7.11 Å². The van der Waals surface area contributed by atoms with Crippen LogP contribution in [0.2, 0.25) is 0 Å². The average Bonchev–Trinajstić information content (AvgIpc) is 2.46. The monoisotopic (exact) mass is 256 g/mol. The van der Waals surface area contributed by atoms with Crippen LogP contribution in [-0.4, -0.2) is 13.4 Å². The molecule has 19 heavy (non-hydrogen) atoms. The summed E-state index contributed by atoms with van der Waals surface area (Å²) >= 11 is 0. The fourth-order valence-electron chi connectivity index (χ4n) is 1.81. The summed E-state index contributed by atoms with van der Waals surface area (Å²) in [6.45, 7) is 2.34. The zero-order valence-corrected chi connectivity index (χ0v) is 11.1. The van der Waals surface area contributed by atoms with Crippen LogP contribution in [0, 0.1) is 6.92 Å². The van der Waals surface area contributed by atoms with Crippen LogP contribution in [0.5, 0.6) is 11.5 Å². The molecule has 2 aromatic carbocycles. The molecule has 0 atom stereocenters. The Morgan fingerprint density at radius 2 is 1.84 bits per heavy atom. The molecule has 0 aliphatic carbocycles. The minimum atomic E-state index is 0.469. The lowest BCUT2D eigenvalue weighted by Crippen LogP contribution is -1.99. The molecule has 0 fully saturated rings. The third-order valence-electron chi connectivity index (χ3n) is 2.92. The van der Waals surface area contributed by atoms with E-state index in [2.05, 4.69) is 0 Å². The van der Waals surface area contributed by atoms with Crippen LogP contribution >= 0.6 is 0 Å². The Labute approximate surface area is 112 Å². The average molecular weight is 256 g/mol. The molecule has 0 radical (unpaired) electrons. The molecular formula is C16H16O3. The standard InChI is InChI=1S/C16H16O3/c1-12-8-16(15(18-2)9-14(12)10-17)19-11-13-6-4-3-5-7-13/h3-10H,11H2,1-2H3. The third-order valence-corrected chi connectivity index (χ3v) is 2.92. The molecule has 0 aliphatic heterocycles. The van der Waals surface area contributed by atoms with Crippen molar-refractivity contribution >= 4 is 6.29 Å². The second kappa shape index (κ2) is 6.05. The molecule has 0 bridgehead atoms. The molecule has 0 unspecified atom stereocenters. The molecule has 3 heteroatoms. The predicted octanol–water partition coefficient (Wildman–Crippen LogP) is 3.40. The van der Waals surface area contributed by atoms with Crippen LogP contribution in [0.25, 0.3) is 0 Å². The van der Waals surface area contributed by atoms with Crippen LogP contribution in [0.1, 0.15) is 21.5 Å². The van der Waals surface area contributed by atoms with E-state index in [4.69, 9.17) is 9.47 Å². The number of methoxy groups -OCH3 is 1. The van der Waals surface area contributed by atoms with Crippen molar-refractivity contribution in [1.29, 1.82) is 0 Å². The van der Waals surface area contributed by atoms with E-state index < -0.39 is 0 Å². The van der Waals surface area contributed by atoms with Gasteiger partial charge in [0.15, 0.2) is 11.5 Å². The molecule has 0 N–H and O–H groups in total. The first-order valence-corrected chi connectivity index (χ1v) is 6.05. The Morgan fingerprint density at radius 1 is 1.11 bits per heavy atom. The van der Waals surface area contributed by atoms with E-state index in [1.807, 2.05) is 43.3 Å². The lowest BCUT2D eigenvalue weighted by molar-refractivity contribution is 0.112. The minimum Gasteiger partial charge on any atom is -0.493 e. The van der Waals surface area contributed by atoms with Gasteiger partial charge >= 0.3 is 0 Å². The SMILES string of the molecule is COc1cc(C=O)c(C)cc1OCc1ccccc1. The summed E-state index contributed by atoms with van der Waals surface area (Å²) in [5.74, 6) is 1.22. The van der Waals surface area contributed by atoms with Gasteiger partial charge in [0.2, 0.25) is 0 Å². The summed E-state index contributed by atoms with van der Waals surface area (Å²) in [6.07, 6.45) is 0.818. The summed E-state index contributed by atoms with van der Waals surface area (Å²) in [5.41, 5.74) is 2.57. The van der Waals surface area contributed by atoms with Crippen LogP contribution in [0.4, 0.5) is 0 Å². The zero-order valence-electron chi connectivity index (χ0n) is 11.1. The summed E-state index contributed by atoms with van der Waals surface area (Å²) in [7, 11) is 1.56. The predicted molar refractivity (Wildman–Crippen MR) is 73.9 cm³/mol. The minimum absolute atomic E-state index is 0.469. The van der Waals surface area contributed by atoms with Crippen molar-refractivity contribution in [1.82, 2.24) is 0 Å². The third kappa shape index (κ3) is 3.13. The van der Waals surface area contributed by atoms with Crippen molar-refractivity contribution < 1.29 is 14.3 Å². The highest BCUT2D eigenvalue weighted by Crippen LogP contribution is 2.30. The van der Waals surface area contributed by atoms with Crippen molar-refractivity contribution in [3.63, 3.8) is 0 Å². The maximum Gasteiger partial charge on any atom is 0.161 e. The van der Waals surface area contributed by atoms with Crippen molar-refractivity contribution in [3.05, 3.63) is 59.2 Å². The first kappa shape index (κ1) is 13.1. The van der Waals surface area contributed by atoms with Gasteiger partial charge in [0.25, 0.3) is 0 Å². The Bertz CT molecular complexity index is 562. The second-order valence-corrected chi connectivity index (χ2v) is 4.25. The Morgan fingerprint density at radius 3 is 2.47 bits per heavy atom. The van der Waals surface area contributed by atoms with Gasteiger partial charge in [0, 0.05) is 5.56 Å². The zero-order chi connectivity index (χ0) is 13.7. The molecule has 0 spiro atoms. The van der Waals surface area contributed by atoms with Gasteiger partial charge in [-0.3, -0.25) is 4.79 Å². The molecule has 0 amide bonds. The lowest BCUT2D eigenvalue weighted by atomic mass is 10.1. The molecule has 2 rings (SSSR count). The highest BCUT2D eigenvalue weighted by Gasteiger charge is 2.09. The Kier molecular flexibility index (Phi) is 4.18. The van der Waals surface area contributed by atoms with Gasteiger partial charge in [-0.1, -0.05) is 30.3 Å². The largest absolute Gasteiger partial charge is 0.493 e. The number of benzene rings is 2. The van der Waals surface area contributed by atoms with Crippen LogP contribution in [0.15, 0.2) is 42.5 Å². The number of aryl methyl sites for hydroxylation is 1. The molecule has 98 valence electrons. The van der Waals surface area contributed by atoms with Gasteiger partial charge < -0.3 is 9.47 Å². The summed E-state index contributed by atoms with van der Waals surface area (Å²) in [6, 6.07) is 13.4. The second-order valence-electron chi connectivity index (χ2n) is 4.25. The normalized spacial score (nSPS) is 10.0. The Balaban J connectivity index is 2.20. The van der Waals surface area contributed by atoms with E-state index in [0.717, 1.165) is 17.4 Å². The lowest BCUT2D eigenvalue weighted by Gasteiger charge is -2.12. The quantitative estimate of drug-likeness (QED) is 0.769. The first-order chi connectivity index (χ1) is 9.24. The number of hydrogen-bond acceptors (Lipinski definition) is 3. The molecule has 2 aromatic rings. The molecule has 0 saturated heterocycles. The highest BCUT2D eigenvalue weighted by atomic mass is 16.5. The van der Waals surface area contributed by atoms with E-state index in [9.17, 15) is 4.79 Å². The fourth-order valence-corrected chi connectivity index (χ4v) is 1.81. The van der Waals surface area contributed by atoms with Crippen molar-refractivity contribution in [2.24, 2.45) is 0 Å². The van der Waals surface area contributed by atoms with Gasteiger partial charge in [-0.15, -0.1) is 0 Å². The topological polar surface area (TPSA) is 35.5 Å². The number of ether oxygens (including phenoxy) is 2. The number of carbonyl (C=O) groups is 1. The van der Waals surface area contributed by atoms with Gasteiger partial charge in [-0.05, 0) is 30.2 Å². The van der Waals surface area contributed by atoms with Crippen LogP contribution < -0.4 is 9.47 Å². The molecule has 0 aliphatic rings. The van der Waals surface area contributed by atoms with Gasteiger partial charge in [-0.2, -0.15) is 0 Å². The van der Waals surface area contributed by atoms with E-state index in [1.165, 1.54) is 0 Å². The maximum atomic E-state index is 10.9. The fraction of sp³-hybridized carbons (Fsp3) is 0.188. The Hall–Kier alpha value is -2.29. The van der Waals surface area contributed by atoms with E-state index >= 15 is 0 Å². The molecule has 0 saturated carbocycles. The number of rotatable bonds is 5. The smallest absolute Gasteiger partial charge is 0.161 e. The molecular weight excluding hydrogens is 240 g/mol. The maximum absolute atomic E-state index is 10.9. The highest BCUT2D eigenvalue weighted by molar-refractivity contribution is 5.79. The van der Waals surface area contributed by atoms with Crippen LogP contribution in [0.3, 0.4) is 0 Å². The number of aldehydes is 1. The first-order valence-electron chi connectivity index (χ1n) is 6.05.